The highest BCUT2D eigenvalue weighted by Gasteiger charge is 2.12. The second-order valence-corrected chi connectivity index (χ2v) is 6.84. The summed E-state index contributed by atoms with van der Waals surface area (Å²) in [6, 6.07) is 7.65. The Morgan fingerprint density at radius 1 is 1.17 bits per heavy atom. The van der Waals surface area contributed by atoms with Crippen LogP contribution in [0.25, 0.3) is 0 Å². The average Bonchev–Trinajstić information content (AvgIpc) is 2.26. The molecule has 0 saturated heterocycles. The van der Waals surface area contributed by atoms with Crippen LogP contribution in [0.15, 0.2) is 24.3 Å². The van der Waals surface area contributed by atoms with Gasteiger partial charge in [-0.15, -0.1) is 0 Å². The zero-order valence-electron chi connectivity index (χ0n) is 11.4. The summed E-state index contributed by atoms with van der Waals surface area (Å²) in [5, 5.41) is 0. The third-order valence-electron chi connectivity index (χ3n) is 2.60. The number of aryl methyl sites for hydroxylation is 1. The van der Waals surface area contributed by atoms with Crippen molar-refractivity contribution in [1.29, 1.82) is 0 Å². The fraction of sp³-hybridized carbons (Fsp3) is 0.571. The minimum absolute atomic E-state index is 0.131. The maximum absolute atomic E-state index is 11.8. The Balaban J connectivity index is 2.63. The van der Waals surface area contributed by atoms with Crippen molar-refractivity contribution in [3.8, 4) is 0 Å². The van der Waals surface area contributed by atoms with E-state index in [1.54, 1.807) is 0 Å². The summed E-state index contributed by atoms with van der Waals surface area (Å²) in [5.74, 6) is 0.288. The van der Waals surface area contributed by atoms with Crippen molar-refractivity contribution in [1.82, 2.24) is 0 Å². The maximum Gasteiger partial charge on any atom is 0.232 e. The molecule has 0 saturated carbocycles. The Bertz CT molecular complexity index is 449. The van der Waals surface area contributed by atoms with Crippen LogP contribution in [0.5, 0.6) is 0 Å². The lowest BCUT2D eigenvalue weighted by atomic mass is 10.1. The lowest BCUT2D eigenvalue weighted by Gasteiger charge is -2.10. The van der Waals surface area contributed by atoms with Crippen LogP contribution in [-0.4, -0.2) is 14.2 Å². The Hall–Kier alpha value is -1.03. The summed E-state index contributed by atoms with van der Waals surface area (Å²) in [4.78, 5) is 0. The number of sulfonamides is 1. The predicted octanol–water partition coefficient (Wildman–Crippen LogP) is 3.43. The van der Waals surface area contributed by atoms with Crippen LogP contribution in [0.3, 0.4) is 0 Å². The molecule has 1 rings (SSSR count). The van der Waals surface area contributed by atoms with E-state index in [-0.39, 0.29) is 11.7 Å². The minimum atomic E-state index is -3.21. The van der Waals surface area contributed by atoms with Gasteiger partial charge < -0.3 is 0 Å². The largest absolute Gasteiger partial charge is 0.284 e. The molecule has 3 nitrogen and oxygen atoms in total. The Morgan fingerprint density at radius 2 is 1.78 bits per heavy atom. The molecule has 0 radical (unpaired) electrons. The Labute approximate surface area is 111 Å². The molecular formula is C14H23NO2S. The molecule has 0 bridgehead atoms. The van der Waals surface area contributed by atoms with Gasteiger partial charge in [0.25, 0.3) is 0 Å². The van der Waals surface area contributed by atoms with E-state index in [9.17, 15) is 8.42 Å². The number of hydrogen-bond donors (Lipinski definition) is 1. The molecule has 1 N–H and O–H groups in total. The summed E-state index contributed by atoms with van der Waals surface area (Å²) in [6.07, 6.45) is 3.39. The molecule has 0 fully saturated rings. The van der Waals surface area contributed by atoms with Crippen LogP contribution >= 0.6 is 0 Å². The van der Waals surface area contributed by atoms with Gasteiger partial charge in [-0.3, -0.25) is 4.72 Å². The number of rotatable bonds is 7. The quantitative estimate of drug-likeness (QED) is 0.824. The number of anilines is 1. The molecule has 0 aliphatic carbocycles. The van der Waals surface area contributed by atoms with E-state index >= 15 is 0 Å². The molecule has 4 heteroatoms. The van der Waals surface area contributed by atoms with E-state index in [0.717, 1.165) is 6.42 Å². The lowest BCUT2D eigenvalue weighted by Crippen LogP contribution is -2.19. The van der Waals surface area contributed by atoms with E-state index < -0.39 is 10.0 Å². The standard InChI is InChI=1S/C14H23NO2S/c1-4-5-6-13-7-9-14(10-8-13)15-18(16,17)11-12(2)3/h7-10,12,15H,4-6,11H2,1-3H3. The Morgan fingerprint density at radius 3 is 2.28 bits per heavy atom. The number of unbranched alkanes of at least 4 members (excludes halogenated alkanes) is 1. The van der Waals surface area contributed by atoms with E-state index in [1.165, 1.54) is 18.4 Å². The van der Waals surface area contributed by atoms with Crippen molar-refractivity contribution >= 4 is 15.7 Å². The lowest BCUT2D eigenvalue weighted by molar-refractivity contribution is 0.587. The fourth-order valence-electron chi connectivity index (χ4n) is 1.78. The molecule has 0 amide bonds. The van der Waals surface area contributed by atoms with Crippen molar-refractivity contribution in [2.45, 2.75) is 40.0 Å². The summed E-state index contributed by atoms with van der Waals surface area (Å²) in [6.45, 7) is 5.95. The van der Waals surface area contributed by atoms with Gasteiger partial charge in [-0.2, -0.15) is 0 Å². The zero-order chi connectivity index (χ0) is 13.6. The van der Waals surface area contributed by atoms with Crippen LogP contribution in [0, 0.1) is 5.92 Å². The van der Waals surface area contributed by atoms with Crippen molar-refractivity contribution < 1.29 is 8.42 Å². The van der Waals surface area contributed by atoms with E-state index in [2.05, 4.69) is 11.6 Å². The SMILES string of the molecule is CCCCc1ccc(NS(=O)(=O)CC(C)C)cc1. The second kappa shape index (κ2) is 6.78. The molecule has 1 aromatic rings. The first-order valence-corrected chi connectivity index (χ1v) is 8.17. The van der Waals surface area contributed by atoms with Crippen molar-refractivity contribution in [3.63, 3.8) is 0 Å². The van der Waals surface area contributed by atoms with Gasteiger partial charge in [-0.25, -0.2) is 8.42 Å². The van der Waals surface area contributed by atoms with Gasteiger partial charge in [-0.1, -0.05) is 39.3 Å². The molecule has 0 aliphatic rings. The van der Waals surface area contributed by atoms with Gasteiger partial charge in [0.05, 0.1) is 5.75 Å². The highest BCUT2D eigenvalue weighted by Crippen LogP contribution is 2.14. The molecule has 0 spiro atoms. The van der Waals surface area contributed by atoms with Gasteiger partial charge in [-0.05, 0) is 36.5 Å². The van der Waals surface area contributed by atoms with Crippen LogP contribution < -0.4 is 4.72 Å². The van der Waals surface area contributed by atoms with Crippen LogP contribution in [-0.2, 0) is 16.4 Å². The fourth-order valence-corrected chi connectivity index (χ4v) is 3.24. The second-order valence-electron chi connectivity index (χ2n) is 5.08. The molecule has 0 aromatic heterocycles. The zero-order valence-corrected chi connectivity index (χ0v) is 12.3. The molecule has 102 valence electrons. The first-order chi connectivity index (χ1) is 8.43. The van der Waals surface area contributed by atoms with E-state index in [4.69, 9.17) is 0 Å². The molecule has 1 aromatic carbocycles. The van der Waals surface area contributed by atoms with Gasteiger partial charge in [0.1, 0.15) is 0 Å². The first kappa shape index (κ1) is 15.0. The van der Waals surface area contributed by atoms with Crippen LogP contribution in [0.2, 0.25) is 0 Å². The third kappa shape index (κ3) is 5.54. The average molecular weight is 269 g/mol. The van der Waals surface area contributed by atoms with E-state index in [0.29, 0.717) is 5.69 Å². The van der Waals surface area contributed by atoms with Gasteiger partial charge >= 0.3 is 0 Å². The highest BCUT2D eigenvalue weighted by atomic mass is 32.2. The summed E-state index contributed by atoms with van der Waals surface area (Å²) >= 11 is 0. The van der Waals surface area contributed by atoms with Crippen LogP contribution in [0.4, 0.5) is 5.69 Å². The van der Waals surface area contributed by atoms with Gasteiger partial charge in [0, 0.05) is 5.69 Å². The number of benzene rings is 1. The van der Waals surface area contributed by atoms with Crippen molar-refractivity contribution in [2.24, 2.45) is 5.92 Å². The molecule has 18 heavy (non-hydrogen) atoms. The predicted molar refractivity (Wildman–Crippen MR) is 77.3 cm³/mol. The summed E-state index contributed by atoms with van der Waals surface area (Å²) in [5.41, 5.74) is 1.90. The molecule has 0 unspecified atom stereocenters. The minimum Gasteiger partial charge on any atom is -0.284 e. The number of nitrogens with one attached hydrogen (secondary N) is 1. The van der Waals surface area contributed by atoms with Crippen LogP contribution in [0.1, 0.15) is 39.2 Å². The summed E-state index contributed by atoms with van der Waals surface area (Å²) < 4.78 is 26.1. The monoisotopic (exact) mass is 269 g/mol. The third-order valence-corrected chi connectivity index (χ3v) is 4.25. The smallest absolute Gasteiger partial charge is 0.232 e. The Kier molecular flexibility index (Phi) is 5.66. The highest BCUT2D eigenvalue weighted by molar-refractivity contribution is 7.92. The van der Waals surface area contributed by atoms with Crippen molar-refractivity contribution in [2.75, 3.05) is 10.5 Å². The molecule has 0 atom stereocenters. The van der Waals surface area contributed by atoms with E-state index in [1.807, 2.05) is 38.1 Å². The topological polar surface area (TPSA) is 46.2 Å². The molecule has 0 aliphatic heterocycles. The van der Waals surface area contributed by atoms with Gasteiger partial charge in [0.15, 0.2) is 0 Å². The number of hydrogen-bond acceptors (Lipinski definition) is 2. The first-order valence-electron chi connectivity index (χ1n) is 6.52. The van der Waals surface area contributed by atoms with Crippen molar-refractivity contribution in [3.05, 3.63) is 29.8 Å². The maximum atomic E-state index is 11.8. The molecular weight excluding hydrogens is 246 g/mol. The molecule has 0 heterocycles. The normalized spacial score (nSPS) is 11.8. The van der Waals surface area contributed by atoms with Gasteiger partial charge in [0.2, 0.25) is 10.0 Å². The summed E-state index contributed by atoms with van der Waals surface area (Å²) in [7, 11) is -3.21.